The molecule has 0 saturated carbocycles. The van der Waals surface area contributed by atoms with E-state index in [-0.39, 0.29) is 15.5 Å². The van der Waals surface area contributed by atoms with Gasteiger partial charge in [0.15, 0.2) is 0 Å². The molecule has 0 aliphatic heterocycles. The van der Waals surface area contributed by atoms with Crippen molar-refractivity contribution in [3.05, 3.63) is 48.0 Å². The SMILES string of the molecule is CCCNc1ccc(S(=O)(=O)N(CC)CC)cc1NS(=O)(=O)c1ccc(C)cc1. The molecule has 0 unspecified atom stereocenters. The lowest BCUT2D eigenvalue weighted by atomic mass is 10.2. The quantitative estimate of drug-likeness (QED) is 0.589. The topological polar surface area (TPSA) is 95.6 Å². The Balaban J connectivity index is 2.50. The van der Waals surface area contributed by atoms with Gasteiger partial charge < -0.3 is 5.32 Å². The first-order valence-corrected chi connectivity index (χ1v) is 12.6. The van der Waals surface area contributed by atoms with Crippen LogP contribution in [-0.4, -0.2) is 40.8 Å². The van der Waals surface area contributed by atoms with Gasteiger partial charge in [0.05, 0.1) is 21.2 Å². The smallest absolute Gasteiger partial charge is 0.261 e. The maximum atomic E-state index is 12.9. The van der Waals surface area contributed by atoms with E-state index in [1.165, 1.54) is 28.6 Å². The third-order valence-corrected chi connectivity index (χ3v) is 7.90. The van der Waals surface area contributed by atoms with Crippen LogP contribution in [0.15, 0.2) is 52.3 Å². The third kappa shape index (κ3) is 5.49. The third-order valence-electron chi connectivity index (χ3n) is 4.48. The summed E-state index contributed by atoms with van der Waals surface area (Å²) in [5.74, 6) is 0. The summed E-state index contributed by atoms with van der Waals surface area (Å²) in [6.07, 6.45) is 0.837. The van der Waals surface area contributed by atoms with Crippen LogP contribution in [0.5, 0.6) is 0 Å². The van der Waals surface area contributed by atoms with Crippen LogP contribution in [0.3, 0.4) is 0 Å². The first-order chi connectivity index (χ1) is 13.7. The van der Waals surface area contributed by atoms with Gasteiger partial charge in [-0.15, -0.1) is 0 Å². The van der Waals surface area contributed by atoms with E-state index in [1.54, 1.807) is 32.0 Å². The lowest BCUT2D eigenvalue weighted by molar-refractivity contribution is 0.445. The second kappa shape index (κ2) is 9.60. The number of hydrogen-bond acceptors (Lipinski definition) is 5. The molecule has 0 amide bonds. The highest BCUT2D eigenvalue weighted by atomic mass is 32.2. The van der Waals surface area contributed by atoms with Gasteiger partial charge in [-0.05, 0) is 43.7 Å². The van der Waals surface area contributed by atoms with Gasteiger partial charge in [-0.3, -0.25) is 4.72 Å². The van der Waals surface area contributed by atoms with Crippen molar-refractivity contribution in [2.24, 2.45) is 0 Å². The predicted octanol–water partition coefficient (Wildman–Crippen LogP) is 3.65. The zero-order valence-corrected chi connectivity index (χ0v) is 18.9. The summed E-state index contributed by atoms with van der Waals surface area (Å²) in [6.45, 7) is 8.68. The summed E-state index contributed by atoms with van der Waals surface area (Å²) in [5, 5.41) is 3.15. The highest BCUT2D eigenvalue weighted by molar-refractivity contribution is 7.92. The molecule has 0 aromatic heterocycles. The fourth-order valence-electron chi connectivity index (χ4n) is 2.82. The van der Waals surface area contributed by atoms with Gasteiger partial charge in [-0.2, -0.15) is 4.31 Å². The molecule has 0 aliphatic rings. The minimum atomic E-state index is -3.87. The highest BCUT2D eigenvalue weighted by Gasteiger charge is 2.24. The van der Waals surface area contributed by atoms with Crippen LogP contribution < -0.4 is 10.0 Å². The zero-order valence-electron chi connectivity index (χ0n) is 17.3. The molecular weight excluding hydrogens is 410 g/mol. The standard InChI is InChI=1S/C20H29N3O4S2/c1-5-14-21-19-13-12-18(29(26,27)23(6-2)7-3)15-20(19)22-28(24,25)17-10-8-16(4)9-11-17/h8-13,15,21-22H,5-7,14H2,1-4H3. The number of rotatable bonds is 10. The molecule has 0 heterocycles. The number of sulfonamides is 2. The van der Waals surface area contributed by atoms with Crippen molar-refractivity contribution in [2.75, 3.05) is 29.7 Å². The van der Waals surface area contributed by atoms with Crippen LogP contribution in [-0.2, 0) is 20.0 Å². The maximum Gasteiger partial charge on any atom is 0.261 e. The summed E-state index contributed by atoms with van der Waals surface area (Å²) in [4.78, 5) is 0.159. The lowest BCUT2D eigenvalue weighted by Gasteiger charge is -2.20. The molecule has 29 heavy (non-hydrogen) atoms. The first kappa shape index (κ1) is 23.2. The normalized spacial score (nSPS) is 12.2. The Labute approximate surface area is 174 Å². The van der Waals surface area contributed by atoms with E-state index in [2.05, 4.69) is 10.0 Å². The maximum absolute atomic E-state index is 12.9. The molecule has 0 saturated heterocycles. The summed E-state index contributed by atoms with van der Waals surface area (Å²) in [7, 11) is -7.59. The Morgan fingerprint density at radius 1 is 0.828 bits per heavy atom. The fraction of sp³-hybridized carbons (Fsp3) is 0.400. The van der Waals surface area contributed by atoms with Gasteiger partial charge in [0.25, 0.3) is 10.0 Å². The molecule has 160 valence electrons. The first-order valence-electron chi connectivity index (χ1n) is 9.63. The average Bonchev–Trinajstić information content (AvgIpc) is 2.67. The van der Waals surface area contributed by atoms with Crippen molar-refractivity contribution < 1.29 is 16.8 Å². The molecule has 0 radical (unpaired) electrons. The Bertz CT molecular complexity index is 1030. The van der Waals surface area contributed by atoms with Crippen molar-refractivity contribution in [1.29, 1.82) is 0 Å². The number of aryl methyl sites for hydroxylation is 1. The molecule has 2 N–H and O–H groups in total. The van der Waals surface area contributed by atoms with Gasteiger partial charge in [0.2, 0.25) is 10.0 Å². The predicted molar refractivity (Wildman–Crippen MR) is 117 cm³/mol. The van der Waals surface area contributed by atoms with Crippen LogP contribution in [0, 0.1) is 6.92 Å². The van der Waals surface area contributed by atoms with Crippen LogP contribution in [0.25, 0.3) is 0 Å². The van der Waals surface area contributed by atoms with E-state index in [1.807, 2.05) is 13.8 Å². The summed E-state index contributed by atoms with van der Waals surface area (Å²) in [6, 6.07) is 10.9. The molecule has 0 aliphatic carbocycles. The minimum Gasteiger partial charge on any atom is -0.383 e. The molecule has 7 nitrogen and oxygen atoms in total. The van der Waals surface area contributed by atoms with Gasteiger partial charge in [0.1, 0.15) is 0 Å². The van der Waals surface area contributed by atoms with Gasteiger partial charge >= 0.3 is 0 Å². The zero-order chi connectivity index (χ0) is 21.7. The largest absolute Gasteiger partial charge is 0.383 e. The highest BCUT2D eigenvalue weighted by Crippen LogP contribution is 2.29. The number of anilines is 2. The average molecular weight is 440 g/mol. The van der Waals surface area contributed by atoms with Crippen LogP contribution in [0.1, 0.15) is 32.8 Å². The molecule has 2 aromatic carbocycles. The number of hydrogen-bond donors (Lipinski definition) is 2. The van der Waals surface area contributed by atoms with Gasteiger partial charge in [-0.25, -0.2) is 16.8 Å². The van der Waals surface area contributed by atoms with Crippen molar-refractivity contribution in [1.82, 2.24) is 4.31 Å². The van der Waals surface area contributed by atoms with Gasteiger partial charge in [0, 0.05) is 19.6 Å². The molecule has 0 atom stereocenters. The van der Waals surface area contributed by atoms with E-state index in [0.717, 1.165) is 12.0 Å². The van der Waals surface area contributed by atoms with Crippen molar-refractivity contribution >= 4 is 31.4 Å². The number of nitrogens with one attached hydrogen (secondary N) is 2. The molecule has 2 aromatic rings. The Morgan fingerprint density at radius 3 is 1.97 bits per heavy atom. The fourth-order valence-corrected chi connectivity index (χ4v) is 5.37. The van der Waals surface area contributed by atoms with Gasteiger partial charge in [-0.1, -0.05) is 38.5 Å². The minimum absolute atomic E-state index is 0.0462. The van der Waals surface area contributed by atoms with Crippen LogP contribution >= 0.6 is 0 Å². The molecule has 0 bridgehead atoms. The van der Waals surface area contributed by atoms with Crippen molar-refractivity contribution in [3.8, 4) is 0 Å². The molecule has 0 fully saturated rings. The van der Waals surface area contributed by atoms with E-state index < -0.39 is 20.0 Å². The summed E-state index contributed by atoms with van der Waals surface area (Å²) < 4.78 is 55.3. The molecular formula is C20H29N3O4S2. The lowest BCUT2D eigenvalue weighted by Crippen LogP contribution is -2.30. The second-order valence-electron chi connectivity index (χ2n) is 6.64. The number of benzene rings is 2. The Morgan fingerprint density at radius 2 is 1.41 bits per heavy atom. The monoisotopic (exact) mass is 439 g/mol. The molecule has 9 heteroatoms. The summed E-state index contributed by atoms with van der Waals surface area (Å²) >= 11 is 0. The van der Waals surface area contributed by atoms with Crippen molar-refractivity contribution in [2.45, 2.75) is 43.9 Å². The van der Waals surface area contributed by atoms with E-state index in [4.69, 9.17) is 0 Å². The molecule has 2 rings (SSSR count). The molecule has 0 spiro atoms. The van der Waals surface area contributed by atoms with Crippen LogP contribution in [0.4, 0.5) is 11.4 Å². The van der Waals surface area contributed by atoms with E-state index >= 15 is 0 Å². The number of nitrogens with zero attached hydrogens (tertiary/aromatic N) is 1. The van der Waals surface area contributed by atoms with Crippen molar-refractivity contribution in [3.63, 3.8) is 0 Å². The summed E-state index contributed by atoms with van der Waals surface area (Å²) in [5.41, 5.74) is 1.68. The van der Waals surface area contributed by atoms with E-state index in [9.17, 15) is 16.8 Å². The Hall–Kier alpha value is -2.10. The second-order valence-corrected chi connectivity index (χ2v) is 10.3. The Kier molecular flexibility index (Phi) is 7.67. The van der Waals surface area contributed by atoms with Crippen LogP contribution in [0.2, 0.25) is 0 Å². The van der Waals surface area contributed by atoms with E-state index in [0.29, 0.717) is 25.3 Å².